The number of unbranched alkanes of at least 4 members (excludes halogenated alkanes) is 8. The third kappa shape index (κ3) is 28.0. The van der Waals surface area contributed by atoms with Gasteiger partial charge in [0.1, 0.15) is 0 Å². The zero-order valence-corrected chi connectivity index (χ0v) is 15.5. The van der Waals surface area contributed by atoms with E-state index in [9.17, 15) is 16.8 Å². The molecule has 0 aliphatic rings. The Morgan fingerprint density at radius 3 is 1.05 bits per heavy atom. The molecule has 136 valence electrons. The van der Waals surface area contributed by atoms with Crippen LogP contribution in [0.2, 0.25) is 0 Å². The molecule has 0 radical (unpaired) electrons. The van der Waals surface area contributed by atoms with E-state index in [0.717, 1.165) is 51.4 Å². The van der Waals surface area contributed by atoms with Gasteiger partial charge in [0.15, 0.2) is 0 Å². The van der Waals surface area contributed by atoms with Gasteiger partial charge in [0.25, 0.3) is 20.2 Å². The van der Waals surface area contributed by atoms with Crippen molar-refractivity contribution >= 4 is 20.2 Å². The molecule has 0 aromatic heterocycles. The van der Waals surface area contributed by atoms with E-state index < -0.39 is 20.2 Å². The predicted molar refractivity (Wildman–Crippen MR) is 90.3 cm³/mol. The first-order chi connectivity index (χ1) is 10.1. The van der Waals surface area contributed by atoms with Crippen molar-refractivity contribution in [3.05, 3.63) is 0 Å². The van der Waals surface area contributed by atoms with Crippen LogP contribution in [0.5, 0.6) is 0 Å². The highest BCUT2D eigenvalue weighted by molar-refractivity contribution is 7.86. The van der Waals surface area contributed by atoms with Crippen LogP contribution in [0.15, 0.2) is 0 Å². The van der Waals surface area contributed by atoms with Crippen molar-refractivity contribution in [1.82, 2.24) is 0 Å². The molecule has 0 unspecified atom stereocenters. The first-order valence-corrected chi connectivity index (χ1v) is 11.2. The van der Waals surface area contributed by atoms with Crippen molar-refractivity contribution in [1.29, 1.82) is 0 Å². The zero-order valence-electron chi connectivity index (χ0n) is 13.8. The highest BCUT2D eigenvalue weighted by Gasteiger charge is 2.02. The molecule has 0 spiro atoms. The van der Waals surface area contributed by atoms with E-state index in [1.807, 2.05) is 0 Å². The minimum Gasteiger partial charge on any atom is -0.286 e. The van der Waals surface area contributed by atoms with Gasteiger partial charge in [0.2, 0.25) is 0 Å². The van der Waals surface area contributed by atoms with Crippen molar-refractivity contribution in [3.63, 3.8) is 0 Å². The minimum atomic E-state index is -3.71. The van der Waals surface area contributed by atoms with Gasteiger partial charge in [-0.2, -0.15) is 16.8 Å². The largest absolute Gasteiger partial charge is 0.286 e. The Hall–Kier alpha value is -0.180. The Kier molecular flexibility index (Phi) is 15.8. The average Bonchev–Trinajstić information content (AvgIpc) is 2.36. The summed E-state index contributed by atoms with van der Waals surface area (Å²) in [5.41, 5.74) is 0. The summed E-state index contributed by atoms with van der Waals surface area (Å²) in [6, 6.07) is 0. The summed E-state index contributed by atoms with van der Waals surface area (Å²) >= 11 is 0. The second-order valence-corrected chi connectivity index (χ2v) is 8.54. The topological polar surface area (TPSA) is 109 Å². The molecule has 2 N–H and O–H groups in total. The molecular weight excluding hydrogens is 328 g/mol. The molecule has 0 fully saturated rings. The lowest BCUT2D eigenvalue weighted by Crippen LogP contribution is -2.03. The van der Waals surface area contributed by atoms with Crippen molar-refractivity contribution in [2.75, 3.05) is 11.5 Å². The fourth-order valence-corrected chi connectivity index (χ4v) is 2.91. The molecule has 6 nitrogen and oxygen atoms in total. The van der Waals surface area contributed by atoms with Gasteiger partial charge in [-0.05, 0) is 12.8 Å². The Labute approximate surface area is 136 Å². The number of rotatable bonds is 12. The van der Waals surface area contributed by atoms with Crippen molar-refractivity contribution in [3.8, 4) is 0 Å². The lowest BCUT2D eigenvalue weighted by Gasteiger charge is -1.96. The molecule has 0 rings (SSSR count). The van der Waals surface area contributed by atoms with Crippen LogP contribution in [-0.4, -0.2) is 37.4 Å². The van der Waals surface area contributed by atoms with Crippen molar-refractivity contribution < 1.29 is 25.9 Å². The first-order valence-electron chi connectivity index (χ1n) is 8.02. The lowest BCUT2D eigenvalue weighted by molar-refractivity contribution is 0.476. The molecule has 0 amide bonds. The van der Waals surface area contributed by atoms with Gasteiger partial charge in [-0.1, -0.05) is 65.2 Å². The number of hydrogen-bond donors (Lipinski definition) is 2. The van der Waals surface area contributed by atoms with Crippen LogP contribution in [-0.2, 0) is 20.2 Å². The van der Waals surface area contributed by atoms with Gasteiger partial charge >= 0.3 is 0 Å². The van der Waals surface area contributed by atoms with Gasteiger partial charge in [-0.15, -0.1) is 0 Å². The van der Waals surface area contributed by atoms with E-state index in [4.69, 9.17) is 9.11 Å². The maximum Gasteiger partial charge on any atom is 0.264 e. The Balaban J connectivity index is 0. The zero-order chi connectivity index (χ0) is 17.5. The minimum absolute atomic E-state index is 0.0866. The molecule has 0 aromatic carbocycles. The molecule has 0 bridgehead atoms. The van der Waals surface area contributed by atoms with Gasteiger partial charge in [0.05, 0.1) is 11.5 Å². The molecule has 0 aromatic rings. The fourth-order valence-electron chi connectivity index (χ4n) is 1.78. The van der Waals surface area contributed by atoms with Gasteiger partial charge in [0, 0.05) is 0 Å². The SMILES string of the molecule is CCCCCCCS(=O)(=O)O.CCCCCCCS(=O)(=O)O. The van der Waals surface area contributed by atoms with Crippen LogP contribution in [0.3, 0.4) is 0 Å². The van der Waals surface area contributed by atoms with Crippen LogP contribution in [0.25, 0.3) is 0 Å². The smallest absolute Gasteiger partial charge is 0.264 e. The van der Waals surface area contributed by atoms with E-state index in [1.54, 1.807) is 0 Å². The predicted octanol–water partition coefficient (Wildman–Crippen LogP) is 3.69. The van der Waals surface area contributed by atoms with Crippen LogP contribution >= 0.6 is 0 Å². The standard InChI is InChI=1S/2C7H16O3S/c2*1-2-3-4-5-6-7-11(8,9)10/h2*2-7H2,1H3,(H,8,9,10). The summed E-state index contributed by atoms with van der Waals surface area (Å²) in [7, 11) is -7.42. The summed E-state index contributed by atoms with van der Waals surface area (Å²) < 4.78 is 57.6. The summed E-state index contributed by atoms with van der Waals surface area (Å²) in [5.74, 6) is -0.173. The van der Waals surface area contributed by atoms with Gasteiger partial charge in [-0.25, -0.2) is 0 Å². The molecule has 0 atom stereocenters. The summed E-state index contributed by atoms with van der Waals surface area (Å²) in [6.07, 6.45) is 9.66. The highest BCUT2D eigenvalue weighted by Crippen LogP contribution is 2.04. The van der Waals surface area contributed by atoms with E-state index >= 15 is 0 Å². The third-order valence-corrected chi connectivity index (χ3v) is 4.62. The molecule has 0 saturated carbocycles. The Morgan fingerprint density at radius 1 is 0.545 bits per heavy atom. The maximum absolute atomic E-state index is 10.2. The average molecular weight is 361 g/mol. The van der Waals surface area contributed by atoms with E-state index in [-0.39, 0.29) is 11.5 Å². The van der Waals surface area contributed by atoms with Crippen LogP contribution in [0.1, 0.15) is 78.1 Å². The Bertz CT molecular complexity index is 386. The molecule has 0 aliphatic heterocycles. The molecule has 0 heterocycles. The van der Waals surface area contributed by atoms with Crippen molar-refractivity contribution in [2.45, 2.75) is 78.1 Å². The second kappa shape index (κ2) is 14.4. The lowest BCUT2D eigenvalue weighted by atomic mass is 10.2. The van der Waals surface area contributed by atoms with E-state index in [2.05, 4.69) is 13.8 Å². The third-order valence-electron chi connectivity index (χ3n) is 3.01. The van der Waals surface area contributed by atoms with Crippen LogP contribution in [0, 0.1) is 0 Å². The quantitative estimate of drug-likeness (QED) is 0.406. The monoisotopic (exact) mass is 360 g/mol. The van der Waals surface area contributed by atoms with Crippen molar-refractivity contribution in [2.24, 2.45) is 0 Å². The second-order valence-electron chi connectivity index (χ2n) is 5.40. The number of hydrogen-bond acceptors (Lipinski definition) is 4. The molecule has 22 heavy (non-hydrogen) atoms. The Morgan fingerprint density at radius 2 is 0.818 bits per heavy atom. The first kappa shape index (κ1) is 24.1. The molecular formula is C14H32O6S2. The summed E-state index contributed by atoms with van der Waals surface area (Å²) in [5, 5.41) is 0. The normalized spacial score (nSPS) is 11.8. The van der Waals surface area contributed by atoms with Crippen LogP contribution in [0.4, 0.5) is 0 Å². The van der Waals surface area contributed by atoms with Crippen LogP contribution < -0.4 is 0 Å². The van der Waals surface area contributed by atoms with E-state index in [1.165, 1.54) is 0 Å². The summed E-state index contributed by atoms with van der Waals surface area (Å²) in [4.78, 5) is 0. The van der Waals surface area contributed by atoms with E-state index in [0.29, 0.717) is 12.8 Å². The maximum atomic E-state index is 10.2. The fraction of sp³-hybridized carbons (Fsp3) is 1.00. The molecule has 0 saturated heterocycles. The van der Waals surface area contributed by atoms with Gasteiger partial charge in [-0.3, -0.25) is 9.11 Å². The highest BCUT2D eigenvalue weighted by atomic mass is 32.2. The van der Waals surface area contributed by atoms with Gasteiger partial charge < -0.3 is 0 Å². The molecule has 8 heteroatoms. The molecule has 0 aliphatic carbocycles. The summed E-state index contributed by atoms with van der Waals surface area (Å²) in [6.45, 7) is 4.20.